The summed E-state index contributed by atoms with van der Waals surface area (Å²) in [5.41, 5.74) is 0.151. The smallest absolute Gasteiger partial charge is 0.320 e. The maximum Gasteiger partial charge on any atom is 0.418 e. The number of rotatable bonds is 7. The highest BCUT2D eigenvalue weighted by Crippen LogP contribution is 2.35. The van der Waals surface area contributed by atoms with Crippen LogP contribution >= 0.6 is 0 Å². The van der Waals surface area contributed by atoms with Crippen molar-refractivity contribution in [3.05, 3.63) is 65.7 Å². The highest BCUT2D eigenvalue weighted by Gasteiger charge is 2.35. The molecule has 1 aliphatic heterocycles. The van der Waals surface area contributed by atoms with Crippen LogP contribution in [-0.2, 0) is 11.0 Å². The van der Waals surface area contributed by atoms with Crippen molar-refractivity contribution in [3.63, 3.8) is 0 Å². The number of carbonyl (C=O) groups is 1. The Morgan fingerprint density at radius 3 is 2.48 bits per heavy atom. The average molecular weight is 403 g/mol. The van der Waals surface area contributed by atoms with Gasteiger partial charge in [0.15, 0.2) is 0 Å². The van der Waals surface area contributed by atoms with Gasteiger partial charge in [-0.2, -0.15) is 18.3 Å². The Kier molecular flexibility index (Phi) is 6.56. The standard InChI is InChI=1S/C22H24F3N3O/c1-2-3-9-14-28-20(16-10-5-4-6-11-16)15-19(27-28)21(29)26-18-13-8-7-12-17(18)22(23,24)25/h4-8,10-13,20H,2-3,9,14-15H2,1H3,(H,26,29). The molecule has 0 aromatic heterocycles. The molecule has 1 amide bonds. The van der Waals surface area contributed by atoms with Crippen molar-refractivity contribution in [1.29, 1.82) is 0 Å². The van der Waals surface area contributed by atoms with Gasteiger partial charge in [-0.3, -0.25) is 9.80 Å². The number of nitrogens with zero attached hydrogens (tertiary/aromatic N) is 2. The summed E-state index contributed by atoms with van der Waals surface area (Å²) in [6.07, 6.45) is -1.13. The van der Waals surface area contributed by atoms with E-state index in [0.717, 1.165) is 30.9 Å². The van der Waals surface area contributed by atoms with Crippen LogP contribution in [0.1, 0.15) is 49.8 Å². The highest BCUT2D eigenvalue weighted by atomic mass is 19.4. The van der Waals surface area contributed by atoms with Gasteiger partial charge in [0.25, 0.3) is 5.91 Å². The second-order valence-corrected chi connectivity index (χ2v) is 7.04. The lowest BCUT2D eigenvalue weighted by atomic mass is 10.0. The topological polar surface area (TPSA) is 44.7 Å². The first kappa shape index (κ1) is 20.9. The summed E-state index contributed by atoms with van der Waals surface area (Å²) in [5, 5.41) is 8.75. The molecule has 154 valence electrons. The minimum Gasteiger partial charge on any atom is -0.320 e. The fourth-order valence-corrected chi connectivity index (χ4v) is 3.42. The van der Waals surface area contributed by atoms with Gasteiger partial charge in [-0.1, -0.05) is 62.2 Å². The second kappa shape index (κ2) is 9.11. The van der Waals surface area contributed by atoms with Crippen LogP contribution < -0.4 is 5.32 Å². The van der Waals surface area contributed by atoms with E-state index < -0.39 is 17.6 Å². The molecule has 29 heavy (non-hydrogen) atoms. The largest absolute Gasteiger partial charge is 0.418 e. The van der Waals surface area contributed by atoms with Gasteiger partial charge >= 0.3 is 6.18 Å². The van der Waals surface area contributed by atoms with Crippen LogP contribution in [-0.4, -0.2) is 23.2 Å². The zero-order valence-corrected chi connectivity index (χ0v) is 16.2. The van der Waals surface area contributed by atoms with E-state index in [9.17, 15) is 18.0 Å². The number of nitrogens with one attached hydrogen (secondary N) is 1. The van der Waals surface area contributed by atoms with Gasteiger partial charge < -0.3 is 5.32 Å². The normalized spacial score (nSPS) is 16.6. The number of hydrogen-bond donors (Lipinski definition) is 1. The minimum atomic E-state index is -4.54. The van der Waals surface area contributed by atoms with Crippen molar-refractivity contribution in [1.82, 2.24) is 5.01 Å². The molecule has 3 rings (SSSR count). The van der Waals surface area contributed by atoms with Crippen LogP contribution in [0.3, 0.4) is 0 Å². The summed E-state index contributed by atoms with van der Waals surface area (Å²) >= 11 is 0. The second-order valence-electron chi connectivity index (χ2n) is 7.04. The van der Waals surface area contributed by atoms with Crippen molar-refractivity contribution < 1.29 is 18.0 Å². The third-order valence-electron chi connectivity index (χ3n) is 4.91. The Morgan fingerprint density at radius 2 is 1.79 bits per heavy atom. The molecule has 0 saturated heterocycles. The highest BCUT2D eigenvalue weighted by molar-refractivity contribution is 6.43. The molecule has 2 aromatic carbocycles. The molecular formula is C22H24F3N3O. The Balaban J connectivity index is 1.79. The van der Waals surface area contributed by atoms with Gasteiger partial charge in [0.1, 0.15) is 5.71 Å². The molecule has 2 aromatic rings. The van der Waals surface area contributed by atoms with Gasteiger partial charge in [0.05, 0.1) is 17.3 Å². The first-order chi connectivity index (χ1) is 13.9. The summed E-state index contributed by atoms with van der Waals surface area (Å²) in [6.45, 7) is 2.81. The van der Waals surface area contributed by atoms with Crippen molar-refractivity contribution in [2.75, 3.05) is 11.9 Å². The SMILES string of the molecule is CCCCCN1N=C(C(=O)Nc2ccccc2C(F)(F)F)CC1c1ccccc1. The molecule has 1 N–H and O–H groups in total. The van der Waals surface area contributed by atoms with E-state index >= 15 is 0 Å². The van der Waals surface area contributed by atoms with E-state index in [1.165, 1.54) is 18.2 Å². The Morgan fingerprint density at radius 1 is 1.10 bits per heavy atom. The molecule has 0 aliphatic carbocycles. The van der Waals surface area contributed by atoms with Gasteiger partial charge in [-0.05, 0) is 24.1 Å². The lowest BCUT2D eigenvalue weighted by Crippen LogP contribution is -2.23. The number of hydrogen-bond acceptors (Lipinski definition) is 3. The summed E-state index contributed by atoms with van der Waals surface area (Å²) in [7, 11) is 0. The average Bonchev–Trinajstić information content (AvgIpc) is 3.13. The third-order valence-corrected chi connectivity index (χ3v) is 4.91. The van der Waals surface area contributed by atoms with Crippen LogP contribution in [0, 0.1) is 0 Å². The third kappa shape index (κ3) is 5.16. The summed E-state index contributed by atoms with van der Waals surface area (Å²) in [6, 6.07) is 14.6. The van der Waals surface area contributed by atoms with Crippen LogP contribution in [0.15, 0.2) is 59.7 Å². The zero-order chi connectivity index (χ0) is 20.9. The maximum atomic E-state index is 13.2. The first-order valence-corrected chi connectivity index (χ1v) is 9.76. The molecular weight excluding hydrogens is 379 g/mol. The van der Waals surface area contributed by atoms with Crippen LogP contribution in [0.2, 0.25) is 0 Å². The predicted octanol–water partition coefficient (Wildman–Crippen LogP) is 5.64. The van der Waals surface area contributed by atoms with Crippen LogP contribution in [0.5, 0.6) is 0 Å². The van der Waals surface area contributed by atoms with E-state index in [0.29, 0.717) is 13.0 Å². The molecule has 1 atom stereocenters. The summed E-state index contributed by atoms with van der Waals surface area (Å²) in [5.74, 6) is -0.597. The molecule has 4 nitrogen and oxygen atoms in total. The van der Waals surface area contributed by atoms with Crippen LogP contribution in [0.25, 0.3) is 0 Å². The van der Waals surface area contributed by atoms with Gasteiger partial charge in [0.2, 0.25) is 0 Å². The molecule has 0 radical (unpaired) electrons. The Labute approximate surface area is 168 Å². The molecule has 0 saturated carbocycles. The van der Waals surface area contributed by atoms with Crippen molar-refractivity contribution in [3.8, 4) is 0 Å². The van der Waals surface area contributed by atoms with E-state index in [2.05, 4.69) is 17.3 Å². The quantitative estimate of drug-likeness (QED) is 0.609. The molecule has 0 spiro atoms. The van der Waals surface area contributed by atoms with E-state index in [1.54, 1.807) is 0 Å². The Hall–Kier alpha value is -2.83. The van der Waals surface area contributed by atoms with Gasteiger partial charge in [-0.15, -0.1) is 0 Å². The molecule has 0 bridgehead atoms. The predicted molar refractivity (Wildman–Crippen MR) is 108 cm³/mol. The first-order valence-electron chi connectivity index (χ1n) is 9.76. The molecule has 7 heteroatoms. The van der Waals surface area contributed by atoms with E-state index in [1.807, 2.05) is 35.3 Å². The molecule has 0 fully saturated rings. The van der Waals surface area contributed by atoms with Crippen molar-refractivity contribution in [2.45, 2.75) is 44.8 Å². The maximum absolute atomic E-state index is 13.2. The van der Waals surface area contributed by atoms with Crippen LogP contribution in [0.4, 0.5) is 18.9 Å². The number of halogens is 3. The van der Waals surface area contributed by atoms with E-state index in [-0.39, 0.29) is 17.4 Å². The number of carbonyl (C=O) groups excluding carboxylic acids is 1. The fourth-order valence-electron chi connectivity index (χ4n) is 3.42. The molecule has 1 aliphatic rings. The zero-order valence-electron chi connectivity index (χ0n) is 16.2. The molecule has 1 unspecified atom stereocenters. The van der Waals surface area contributed by atoms with Crippen molar-refractivity contribution in [2.24, 2.45) is 5.10 Å². The summed E-state index contributed by atoms with van der Waals surface area (Å²) in [4.78, 5) is 12.7. The number of anilines is 1. The minimum absolute atomic E-state index is 0.0910. The Bertz CT molecular complexity index is 865. The lowest BCUT2D eigenvalue weighted by molar-refractivity contribution is -0.136. The number of unbranched alkanes of at least 4 members (excludes halogenated alkanes) is 2. The van der Waals surface area contributed by atoms with Gasteiger partial charge in [-0.25, -0.2) is 0 Å². The van der Waals surface area contributed by atoms with E-state index in [4.69, 9.17) is 0 Å². The number of benzene rings is 2. The monoisotopic (exact) mass is 403 g/mol. The van der Waals surface area contributed by atoms with Gasteiger partial charge in [0, 0.05) is 13.0 Å². The number of alkyl halides is 3. The fraction of sp³-hybridized carbons (Fsp3) is 0.364. The molecule has 1 heterocycles. The van der Waals surface area contributed by atoms with Crippen molar-refractivity contribution >= 4 is 17.3 Å². The number of para-hydroxylation sites is 1. The number of amides is 1. The number of hydrazone groups is 1. The summed E-state index contributed by atoms with van der Waals surface area (Å²) < 4.78 is 39.6. The lowest BCUT2D eigenvalue weighted by Gasteiger charge is -2.23.